The van der Waals surface area contributed by atoms with Crippen LogP contribution < -0.4 is 14.2 Å². The zero-order chi connectivity index (χ0) is 13.7. The van der Waals surface area contributed by atoms with Gasteiger partial charge < -0.3 is 14.2 Å². The van der Waals surface area contributed by atoms with Crippen LogP contribution in [0.25, 0.3) is 0 Å². The zero-order valence-electron chi connectivity index (χ0n) is 11.5. The van der Waals surface area contributed by atoms with Crippen molar-refractivity contribution in [3.8, 4) is 17.2 Å². The van der Waals surface area contributed by atoms with E-state index in [2.05, 4.69) is 0 Å². The van der Waals surface area contributed by atoms with Gasteiger partial charge in [0.15, 0.2) is 17.3 Å². The van der Waals surface area contributed by atoms with Crippen molar-refractivity contribution >= 4 is 5.78 Å². The number of Topliss-reactive ketones (excluding diaryl/α,β-unsaturated/α-hetero) is 1. The van der Waals surface area contributed by atoms with Crippen molar-refractivity contribution in [2.45, 2.75) is 25.7 Å². The summed E-state index contributed by atoms with van der Waals surface area (Å²) in [5.74, 6) is 2.00. The smallest absolute Gasteiger partial charge is 0.203 e. The molecule has 1 aliphatic rings. The molecule has 1 fully saturated rings. The van der Waals surface area contributed by atoms with Crippen molar-refractivity contribution in [3.05, 3.63) is 18.2 Å². The number of ether oxygens (including phenoxy) is 3. The standard InChI is InChI=1S/C15H20O4/c1-17-13-8-5-9-14(18-2)15(13)19-10-12(16)11-6-3-4-7-11/h5,8-9,11H,3-4,6-7,10H2,1-2H3. The molecule has 0 unspecified atom stereocenters. The number of ketones is 1. The molecule has 0 N–H and O–H groups in total. The molecular weight excluding hydrogens is 244 g/mol. The summed E-state index contributed by atoms with van der Waals surface area (Å²) >= 11 is 0. The number of hydrogen-bond donors (Lipinski definition) is 0. The summed E-state index contributed by atoms with van der Waals surface area (Å²) in [5.41, 5.74) is 0. The van der Waals surface area contributed by atoms with Crippen molar-refractivity contribution in [2.75, 3.05) is 20.8 Å². The van der Waals surface area contributed by atoms with E-state index in [-0.39, 0.29) is 18.3 Å². The van der Waals surface area contributed by atoms with Crippen LogP contribution in [0.4, 0.5) is 0 Å². The molecule has 4 nitrogen and oxygen atoms in total. The number of rotatable bonds is 6. The molecular formula is C15H20O4. The van der Waals surface area contributed by atoms with Gasteiger partial charge in [-0.3, -0.25) is 4.79 Å². The van der Waals surface area contributed by atoms with Gasteiger partial charge in [-0.15, -0.1) is 0 Å². The summed E-state index contributed by atoms with van der Waals surface area (Å²) in [5, 5.41) is 0. The fourth-order valence-corrected chi connectivity index (χ4v) is 2.47. The van der Waals surface area contributed by atoms with Crippen molar-refractivity contribution in [1.82, 2.24) is 0 Å². The average molecular weight is 264 g/mol. The van der Waals surface area contributed by atoms with Crippen molar-refractivity contribution < 1.29 is 19.0 Å². The molecule has 0 bridgehead atoms. The molecule has 19 heavy (non-hydrogen) atoms. The molecule has 0 saturated heterocycles. The third-order valence-electron chi connectivity index (χ3n) is 3.55. The average Bonchev–Trinajstić information content (AvgIpc) is 2.98. The minimum Gasteiger partial charge on any atom is -0.493 e. The number of hydrogen-bond acceptors (Lipinski definition) is 4. The highest BCUT2D eigenvalue weighted by Crippen LogP contribution is 2.37. The van der Waals surface area contributed by atoms with Gasteiger partial charge in [-0.2, -0.15) is 0 Å². The number of benzene rings is 1. The number of carbonyl (C=O) groups is 1. The van der Waals surface area contributed by atoms with E-state index >= 15 is 0 Å². The first-order chi connectivity index (χ1) is 9.26. The van der Waals surface area contributed by atoms with Gasteiger partial charge in [-0.05, 0) is 25.0 Å². The maximum absolute atomic E-state index is 12.0. The second-order valence-corrected chi connectivity index (χ2v) is 4.73. The van der Waals surface area contributed by atoms with E-state index in [9.17, 15) is 4.79 Å². The highest BCUT2D eigenvalue weighted by molar-refractivity contribution is 5.82. The zero-order valence-corrected chi connectivity index (χ0v) is 11.5. The lowest BCUT2D eigenvalue weighted by Gasteiger charge is -2.15. The predicted octanol–water partition coefficient (Wildman–Crippen LogP) is 2.84. The van der Waals surface area contributed by atoms with Crippen LogP contribution >= 0.6 is 0 Å². The molecule has 2 rings (SSSR count). The van der Waals surface area contributed by atoms with Gasteiger partial charge in [-0.25, -0.2) is 0 Å². The Bertz CT molecular complexity index is 414. The lowest BCUT2D eigenvalue weighted by Crippen LogP contribution is -2.19. The fraction of sp³-hybridized carbons (Fsp3) is 0.533. The minimum absolute atomic E-state index is 0.0847. The van der Waals surface area contributed by atoms with E-state index in [1.807, 2.05) is 6.07 Å². The molecule has 0 aliphatic heterocycles. The number of carbonyl (C=O) groups excluding carboxylic acids is 1. The van der Waals surface area contributed by atoms with E-state index in [0.717, 1.165) is 25.7 Å². The summed E-state index contributed by atoms with van der Waals surface area (Å²) in [4.78, 5) is 12.0. The van der Waals surface area contributed by atoms with Crippen LogP contribution in [0.1, 0.15) is 25.7 Å². The predicted molar refractivity (Wildman–Crippen MR) is 72.0 cm³/mol. The Kier molecular flexibility index (Phi) is 4.66. The lowest BCUT2D eigenvalue weighted by atomic mass is 10.0. The Morgan fingerprint density at radius 3 is 2.26 bits per heavy atom. The monoisotopic (exact) mass is 264 g/mol. The van der Waals surface area contributed by atoms with Gasteiger partial charge in [0.05, 0.1) is 14.2 Å². The molecule has 0 aromatic heterocycles. The van der Waals surface area contributed by atoms with E-state index in [0.29, 0.717) is 17.2 Å². The van der Waals surface area contributed by atoms with E-state index in [1.54, 1.807) is 26.4 Å². The van der Waals surface area contributed by atoms with E-state index in [1.165, 1.54) is 0 Å². The van der Waals surface area contributed by atoms with Crippen molar-refractivity contribution in [2.24, 2.45) is 5.92 Å². The number of methoxy groups -OCH3 is 2. The van der Waals surface area contributed by atoms with Gasteiger partial charge in [-0.1, -0.05) is 18.9 Å². The van der Waals surface area contributed by atoms with Crippen LogP contribution in [-0.2, 0) is 4.79 Å². The molecule has 0 spiro atoms. The van der Waals surface area contributed by atoms with Gasteiger partial charge in [0.2, 0.25) is 5.75 Å². The molecule has 1 aromatic carbocycles. The third kappa shape index (κ3) is 3.19. The van der Waals surface area contributed by atoms with E-state index < -0.39 is 0 Å². The maximum atomic E-state index is 12.0. The van der Waals surface area contributed by atoms with Crippen LogP contribution in [0.15, 0.2) is 18.2 Å². The Morgan fingerprint density at radius 2 is 1.74 bits per heavy atom. The molecule has 1 aliphatic carbocycles. The fourth-order valence-electron chi connectivity index (χ4n) is 2.47. The van der Waals surface area contributed by atoms with Gasteiger partial charge in [0.25, 0.3) is 0 Å². The van der Waals surface area contributed by atoms with Gasteiger partial charge >= 0.3 is 0 Å². The first kappa shape index (κ1) is 13.7. The van der Waals surface area contributed by atoms with Crippen LogP contribution in [0, 0.1) is 5.92 Å². The van der Waals surface area contributed by atoms with Gasteiger partial charge in [0, 0.05) is 5.92 Å². The van der Waals surface area contributed by atoms with Crippen LogP contribution in [0.2, 0.25) is 0 Å². The summed E-state index contributed by atoms with van der Waals surface area (Å²) in [6, 6.07) is 5.40. The largest absolute Gasteiger partial charge is 0.493 e. The van der Waals surface area contributed by atoms with Crippen molar-refractivity contribution in [1.29, 1.82) is 0 Å². The second kappa shape index (κ2) is 6.45. The Morgan fingerprint density at radius 1 is 1.16 bits per heavy atom. The molecule has 104 valence electrons. The Labute approximate surface area is 113 Å². The lowest BCUT2D eigenvalue weighted by molar-refractivity contribution is -0.124. The molecule has 4 heteroatoms. The third-order valence-corrected chi connectivity index (χ3v) is 3.55. The second-order valence-electron chi connectivity index (χ2n) is 4.73. The normalized spacial score (nSPS) is 15.3. The topological polar surface area (TPSA) is 44.8 Å². The molecule has 0 atom stereocenters. The quantitative estimate of drug-likeness (QED) is 0.792. The van der Waals surface area contributed by atoms with Crippen molar-refractivity contribution in [3.63, 3.8) is 0 Å². The first-order valence-corrected chi connectivity index (χ1v) is 6.62. The molecule has 1 saturated carbocycles. The Hall–Kier alpha value is -1.71. The van der Waals surface area contributed by atoms with Gasteiger partial charge in [0.1, 0.15) is 6.61 Å². The molecule has 0 amide bonds. The molecule has 0 radical (unpaired) electrons. The van der Waals surface area contributed by atoms with Crippen LogP contribution in [0.3, 0.4) is 0 Å². The summed E-state index contributed by atoms with van der Waals surface area (Å²) in [6.07, 6.45) is 4.28. The number of para-hydroxylation sites is 1. The first-order valence-electron chi connectivity index (χ1n) is 6.62. The molecule has 1 aromatic rings. The Balaban J connectivity index is 2.03. The summed E-state index contributed by atoms with van der Waals surface area (Å²) in [6.45, 7) is 0.0847. The highest BCUT2D eigenvalue weighted by atomic mass is 16.5. The molecule has 0 heterocycles. The van der Waals surface area contributed by atoms with E-state index in [4.69, 9.17) is 14.2 Å². The summed E-state index contributed by atoms with van der Waals surface area (Å²) in [7, 11) is 3.14. The summed E-state index contributed by atoms with van der Waals surface area (Å²) < 4.78 is 16.1. The maximum Gasteiger partial charge on any atom is 0.203 e. The highest BCUT2D eigenvalue weighted by Gasteiger charge is 2.23. The van der Waals surface area contributed by atoms with Crippen LogP contribution in [0.5, 0.6) is 17.2 Å². The van der Waals surface area contributed by atoms with Crippen LogP contribution in [-0.4, -0.2) is 26.6 Å². The SMILES string of the molecule is COc1cccc(OC)c1OCC(=O)C1CCCC1. The minimum atomic E-state index is 0.0847.